The van der Waals surface area contributed by atoms with Crippen molar-refractivity contribution in [3.8, 4) is 0 Å². The van der Waals surface area contributed by atoms with Crippen molar-refractivity contribution in [2.45, 2.75) is 50.7 Å². The summed E-state index contributed by atoms with van der Waals surface area (Å²) in [6.45, 7) is 7.29. The molecule has 4 heterocycles. The third-order valence-electron chi connectivity index (χ3n) is 5.85. The van der Waals surface area contributed by atoms with Gasteiger partial charge >= 0.3 is 6.09 Å². The molecule has 13 heteroatoms. The molecule has 1 unspecified atom stereocenters. The lowest BCUT2D eigenvalue weighted by atomic mass is 10.0. The van der Waals surface area contributed by atoms with Crippen molar-refractivity contribution in [3.05, 3.63) is 37.4 Å². The zero-order valence-corrected chi connectivity index (χ0v) is 22.2. The van der Waals surface area contributed by atoms with Crippen LogP contribution in [0.4, 0.5) is 4.79 Å². The van der Waals surface area contributed by atoms with Gasteiger partial charge in [-0.2, -0.15) is 4.72 Å². The number of likely N-dealkylation sites (tertiary alicyclic amines) is 1. The van der Waals surface area contributed by atoms with Gasteiger partial charge in [-0.05, 0) is 45.4 Å². The Morgan fingerprint density at radius 3 is 2.65 bits per heavy atom. The van der Waals surface area contributed by atoms with Gasteiger partial charge in [-0.15, -0.1) is 11.3 Å². The third kappa shape index (κ3) is 5.25. The van der Waals surface area contributed by atoms with Crippen molar-refractivity contribution in [1.82, 2.24) is 19.4 Å². The molecule has 2 amide bonds. The van der Waals surface area contributed by atoms with E-state index in [1.165, 1.54) is 34.1 Å². The minimum atomic E-state index is -3.83. The van der Waals surface area contributed by atoms with Crippen LogP contribution in [0.15, 0.2) is 28.1 Å². The first kappa shape index (κ1) is 25.4. The fourth-order valence-corrected chi connectivity index (χ4v) is 8.12. The minimum absolute atomic E-state index is 0.280. The van der Waals surface area contributed by atoms with Crippen LogP contribution in [0.5, 0.6) is 0 Å². The summed E-state index contributed by atoms with van der Waals surface area (Å²) in [5.74, 6) is -0.280. The van der Waals surface area contributed by atoms with E-state index >= 15 is 0 Å². The molecule has 2 atom stereocenters. The van der Waals surface area contributed by atoms with E-state index < -0.39 is 22.2 Å². The first-order chi connectivity index (χ1) is 15.9. The van der Waals surface area contributed by atoms with Gasteiger partial charge < -0.3 is 19.8 Å². The van der Waals surface area contributed by atoms with Gasteiger partial charge in [-0.3, -0.25) is 4.79 Å². The van der Waals surface area contributed by atoms with Crippen LogP contribution >= 0.6 is 34.7 Å². The van der Waals surface area contributed by atoms with Crippen LogP contribution in [0.3, 0.4) is 0 Å². The molecule has 3 aliphatic heterocycles. The molecule has 4 rings (SSSR count). The maximum absolute atomic E-state index is 13.3. The van der Waals surface area contributed by atoms with Crippen molar-refractivity contribution < 1.29 is 23.1 Å². The standard InChI is InChI=1S/C21H27ClN4O5S3/c1-21(2,3)26-15-7-9-24(20(28)29)12-16(15)33-19(26)25-10-6-14(18(25)27)23-34(30,31)11-8-13-4-5-17(22)32-13/h4-5,8,11,14,19,23H,6-7,9-10,12H2,1-3H3,(H,28,29)/b11-8+/t14-,19?/m0/s1. The van der Waals surface area contributed by atoms with E-state index in [0.717, 1.165) is 16.0 Å². The molecule has 0 bridgehead atoms. The highest BCUT2D eigenvalue weighted by atomic mass is 35.5. The Balaban J connectivity index is 1.48. The average molecular weight is 547 g/mol. The van der Waals surface area contributed by atoms with Crippen LogP contribution in [-0.4, -0.2) is 76.9 Å². The summed E-state index contributed by atoms with van der Waals surface area (Å²) >= 11 is 8.63. The summed E-state index contributed by atoms with van der Waals surface area (Å²) in [7, 11) is -3.83. The summed E-state index contributed by atoms with van der Waals surface area (Å²) in [6.07, 6.45) is 1.44. The average Bonchev–Trinajstić information content (AvgIpc) is 3.42. The Hall–Kier alpha value is -1.73. The van der Waals surface area contributed by atoms with E-state index in [4.69, 9.17) is 11.6 Å². The van der Waals surface area contributed by atoms with E-state index in [9.17, 15) is 23.1 Å². The fraction of sp³-hybridized carbons (Fsp3) is 0.524. The molecule has 0 aromatic carbocycles. The molecule has 3 aliphatic rings. The molecule has 1 aromatic heterocycles. The minimum Gasteiger partial charge on any atom is -0.465 e. The number of carbonyl (C=O) groups excluding carboxylic acids is 1. The van der Waals surface area contributed by atoms with Crippen LogP contribution in [0.1, 0.15) is 38.5 Å². The first-order valence-electron chi connectivity index (χ1n) is 10.8. The molecule has 1 saturated heterocycles. The molecule has 34 heavy (non-hydrogen) atoms. The number of rotatable bonds is 5. The van der Waals surface area contributed by atoms with E-state index in [1.807, 2.05) is 0 Å². The monoisotopic (exact) mass is 546 g/mol. The largest absolute Gasteiger partial charge is 0.465 e. The second-order valence-corrected chi connectivity index (χ2v) is 13.8. The zero-order chi connectivity index (χ0) is 24.8. The van der Waals surface area contributed by atoms with E-state index in [1.54, 1.807) is 17.0 Å². The Kier molecular flexibility index (Phi) is 7.00. The van der Waals surface area contributed by atoms with Crippen molar-refractivity contribution in [1.29, 1.82) is 0 Å². The molecule has 2 N–H and O–H groups in total. The third-order valence-corrected chi connectivity index (χ3v) is 9.48. The van der Waals surface area contributed by atoms with Gasteiger partial charge in [0, 0.05) is 45.9 Å². The SMILES string of the molecule is CC(C)(C)N1C2=C(CN(C(=O)O)CC2)SC1N1CC[C@H](NS(=O)(=O)/C=C/c2ccc(Cl)s2)C1=O. The van der Waals surface area contributed by atoms with Gasteiger partial charge in [0.05, 0.1) is 10.9 Å². The van der Waals surface area contributed by atoms with Gasteiger partial charge in [0.25, 0.3) is 0 Å². The number of thioether (sulfide) groups is 1. The maximum atomic E-state index is 13.3. The number of hydrogen-bond acceptors (Lipinski definition) is 7. The topological polar surface area (TPSA) is 110 Å². The highest BCUT2D eigenvalue weighted by molar-refractivity contribution is 8.03. The van der Waals surface area contributed by atoms with Crippen LogP contribution < -0.4 is 4.72 Å². The molecular formula is C21H27ClN4O5S3. The smallest absolute Gasteiger partial charge is 0.407 e. The van der Waals surface area contributed by atoms with Gasteiger partial charge in [0.2, 0.25) is 15.9 Å². The number of halogens is 1. The predicted molar refractivity (Wildman–Crippen MR) is 135 cm³/mol. The Morgan fingerprint density at radius 2 is 2.03 bits per heavy atom. The normalized spacial score (nSPS) is 24.0. The highest BCUT2D eigenvalue weighted by Crippen LogP contribution is 2.47. The highest BCUT2D eigenvalue weighted by Gasteiger charge is 2.48. The summed E-state index contributed by atoms with van der Waals surface area (Å²) in [6, 6.07) is 2.56. The number of carboxylic acid groups (broad SMARTS) is 1. The Bertz CT molecular complexity index is 1160. The summed E-state index contributed by atoms with van der Waals surface area (Å²) in [5, 5.41) is 10.5. The Morgan fingerprint density at radius 1 is 1.29 bits per heavy atom. The molecular weight excluding hydrogens is 520 g/mol. The molecule has 0 spiro atoms. The van der Waals surface area contributed by atoms with Crippen LogP contribution in [0.25, 0.3) is 6.08 Å². The van der Waals surface area contributed by atoms with Crippen molar-refractivity contribution in [2.75, 3.05) is 19.6 Å². The molecule has 186 valence electrons. The van der Waals surface area contributed by atoms with E-state index in [0.29, 0.717) is 41.7 Å². The number of nitrogens with one attached hydrogen (secondary N) is 1. The van der Waals surface area contributed by atoms with Crippen LogP contribution in [0, 0.1) is 0 Å². The number of amides is 2. The predicted octanol–water partition coefficient (Wildman–Crippen LogP) is 3.62. The lowest BCUT2D eigenvalue weighted by molar-refractivity contribution is -0.132. The molecule has 0 aliphatic carbocycles. The molecule has 0 radical (unpaired) electrons. The second kappa shape index (κ2) is 9.38. The van der Waals surface area contributed by atoms with Crippen LogP contribution in [0.2, 0.25) is 4.34 Å². The quantitative estimate of drug-likeness (QED) is 0.580. The van der Waals surface area contributed by atoms with E-state index in [2.05, 4.69) is 30.4 Å². The molecule has 9 nitrogen and oxygen atoms in total. The van der Waals surface area contributed by atoms with Gasteiger partial charge in [0.1, 0.15) is 6.04 Å². The van der Waals surface area contributed by atoms with Gasteiger partial charge in [0.15, 0.2) is 5.50 Å². The molecule has 1 fully saturated rings. The van der Waals surface area contributed by atoms with Crippen molar-refractivity contribution >= 4 is 62.8 Å². The number of sulfonamides is 1. The maximum Gasteiger partial charge on any atom is 0.407 e. The van der Waals surface area contributed by atoms with Crippen LogP contribution in [-0.2, 0) is 14.8 Å². The summed E-state index contributed by atoms with van der Waals surface area (Å²) in [5.41, 5.74) is 0.418. The fourth-order valence-electron chi connectivity index (χ4n) is 4.34. The summed E-state index contributed by atoms with van der Waals surface area (Å²) in [4.78, 5) is 31.7. The molecule has 1 aromatic rings. The Labute approximate surface area is 212 Å². The lowest BCUT2D eigenvalue weighted by Crippen LogP contribution is -2.53. The number of nitrogens with zero attached hydrogens (tertiary/aromatic N) is 3. The van der Waals surface area contributed by atoms with Crippen molar-refractivity contribution in [2.24, 2.45) is 0 Å². The summed E-state index contributed by atoms with van der Waals surface area (Å²) < 4.78 is 28.2. The molecule has 0 saturated carbocycles. The lowest BCUT2D eigenvalue weighted by Gasteiger charge is -2.44. The van der Waals surface area contributed by atoms with Crippen molar-refractivity contribution in [3.63, 3.8) is 0 Å². The zero-order valence-electron chi connectivity index (χ0n) is 19.0. The number of thiophene rings is 1. The second-order valence-electron chi connectivity index (χ2n) is 9.29. The van der Waals surface area contributed by atoms with Gasteiger partial charge in [-0.1, -0.05) is 23.4 Å². The first-order valence-corrected chi connectivity index (χ1v) is 14.4. The number of carbonyl (C=O) groups is 2. The van der Waals surface area contributed by atoms with Gasteiger partial charge in [-0.25, -0.2) is 13.2 Å². The van der Waals surface area contributed by atoms with E-state index in [-0.39, 0.29) is 16.9 Å². The number of hydrogen-bond donors (Lipinski definition) is 2.